The van der Waals surface area contributed by atoms with Crippen LogP contribution in [-0.2, 0) is 0 Å². The summed E-state index contributed by atoms with van der Waals surface area (Å²) in [4.78, 5) is 23.0. The molecular formula is C22H23N5O5. The quantitative estimate of drug-likeness (QED) is 0.234. The molecule has 0 amide bonds. The molecule has 0 aliphatic heterocycles. The van der Waals surface area contributed by atoms with E-state index in [0.29, 0.717) is 5.39 Å². The van der Waals surface area contributed by atoms with E-state index in [1.54, 1.807) is 18.2 Å². The number of nitro benzene ring substituents is 2. The number of azo groups is 1. The number of benzene rings is 3. The van der Waals surface area contributed by atoms with Crippen LogP contribution in [-0.4, -0.2) is 28.0 Å². The minimum atomic E-state index is -0.753. The molecule has 0 unspecified atom stereocenters. The molecule has 3 aromatic carbocycles. The Morgan fingerprint density at radius 3 is 2.09 bits per heavy atom. The molecule has 3 rings (SSSR count). The lowest BCUT2D eigenvalue weighted by Gasteiger charge is -2.26. The zero-order valence-corrected chi connectivity index (χ0v) is 17.8. The van der Waals surface area contributed by atoms with Gasteiger partial charge in [-0.2, -0.15) is 0 Å². The second kappa shape index (κ2) is 9.82. The molecule has 0 radical (unpaired) electrons. The van der Waals surface area contributed by atoms with Crippen LogP contribution in [0.3, 0.4) is 0 Å². The fourth-order valence-corrected chi connectivity index (χ4v) is 3.52. The van der Waals surface area contributed by atoms with Crippen molar-refractivity contribution in [1.29, 1.82) is 0 Å². The average Bonchev–Trinajstić information content (AvgIpc) is 2.78. The van der Waals surface area contributed by atoms with E-state index in [1.165, 1.54) is 6.07 Å². The molecule has 0 saturated heterocycles. The van der Waals surface area contributed by atoms with Crippen LogP contribution in [0.25, 0.3) is 10.8 Å². The summed E-state index contributed by atoms with van der Waals surface area (Å²) in [7, 11) is 0. The highest BCUT2D eigenvalue weighted by Gasteiger charge is 2.20. The van der Waals surface area contributed by atoms with E-state index in [4.69, 9.17) is 0 Å². The van der Waals surface area contributed by atoms with Gasteiger partial charge in [0.25, 0.3) is 5.69 Å². The van der Waals surface area contributed by atoms with Gasteiger partial charge in [0, 0.05) is 35.6 Å². The summed E-state index contributed by atoms with van der Waals surface area (Å²) in [5.74, 6) is -0.0920. The van der Waals surface area contributed by atoms with E-state index in [9.17, 15) is 25.3 Å². The van der Waals surface area contributed by atoms with Gasteiger partial charge in [0.1, 0.15) is 5.69 Å². The molecule has 3 aromatic rings. The lowest BCUT2D eigenvalue weighted by atomic mass is 10.0. The van der Waals surface area contributed by atoms with Crippen molar-refractivity contribution in [2.24, 2.45) is 10.2 Å². The van der Waals surface area contributed by atoms with Crippen molar-refractivity contribution in [2.75, 3.05) is 18.0 Å². The largest absolute Gasteiger partial charge is 0.505 e. The Bertz CT molecular complexity index is 1190. The van der Waals surface area contributed by atoms with Crippen molar-refractivity contribution in [3.05, 3.63) is 68.8 Å². The average molecular weight is 437 g/mol. The highest BCUT2D eigenvalue weighted by atomic mass is 16.6. The normalized spacial score (nSPS) is 11.2. The first-order valence-electron chi connectivity index (χ1n) is 10.2. The van der Waals surface area contributed by atoms with Gasteiger partial charge in [-0.25, -0.2) is 0 Å². The van der Waals surface area contributed by atoms with E-state index in [1.807, 2.05) is 12.1 Å². The maximum Gasteiger partial charge on any atom is 0.303 e. The predicted octanol–water partition coefficient (Wildman–Crippen LogP) is 6.40. The van der Waals surface area contributed by atoms with E-state index in [-0.39, 0.29) is 17.1 Å². The van der Waals surface area contributed by atoms with Gasteiger partial charge in [-0.1, -0.05) is 38.1 Å². The minimum Gasteiger partial charge on any atom is -0.505 e. The highest BCUT2D eigenvalue weighted by molar-refractivity contribution is 6.01. The Balaban J connectivity index is 2.14. The second-order valence-corrected chi connectivity index (χ2v) is 7.18. The van der Waals surface area contributed by atoms with Crippen LogP contribution >= 0.6 is 0 Å². The number of nitrogens with zero attached hydrogens (tertiary/aromatic N) is 5. The van der Waals surface area contributed by atoms with Crippen LogP contribution < -0.4 is 4.90 Å². The summed E-state index contributed by atoms with van der Waals surface area (Å²) in [5, 5.41) is 42.6. The fraction of sp³-hybridized carbons (Fsp3) is 0.273. The summed E-state index contributed by atoms with van der Waals surface area (Å²) in [6, 6.07) is 12.2. The Kier molecular flexibility index (Phi) is 6.93. The number of phenols is 1. The first-order valence-corrected chi connectivity index (χ1v) is 10.2. The van der Waals surface area contributed by atoms with Crippen molar-refractivity contribution >= 4 is 39.2 Å². The summed E-state index contributed by atoms with van der Waals surface area (Å²) >= 11 is 0. The summed E-state index contributed by atoms with van der Waals surface area (Å²) in [5.41, 5.74) is -0.0604. The third-order valence-electron chi connectivity index (χ3n) is 4.93. The van der Waals surface area contributed by atoms with Crippen molar-refractivity contribution in [3.8, 4) is 5.75 Å². The van der Waals surface area contributed by atoms with Crippen LogP contribution in [0.1, 0.15) is 26.7 Å². The topological polar surface area (TPSA) is 134 Å². The van der Waals surface area contributed by atoms with Crippen LogP contribution in [0.2, 0.25) is 0 Å². The Hall–Kier alpha value is -4.08. The second-order valence-electron chi connectivity index (χ2n) is 7.18. The monoisotopic (exact) mass is 437 g/mol. The first-order chi connectivity index (χ1) is 15.4. The zero-order valence-electron chi connectivity index (χ0n) is 17.8. The first kappa shape index (κ1) is 22.6. The molecule has 166 valence electrons. The van der Waals surface area contributed by atoms with Crippen LogP contribution in [0, 0.1) is 20.2 Å². The van der Waals surface area contributed by atoms with Gasteiger partial charge in [0.15, 0.2) is 11.4 Å². The molecule has 0 saturated carbocycles. The smallest absolute Gasteiger partial charge is 0.303 e. The number of aromatic hydroxyl groups is 1. The van der Waals surface area contributed by atoms with Gasteiger partial charge in [-0.05, 0) is 25.0 Å². The van der Waals surface area contributed by atoms with Crippen molar-refractivity contribution in [3.63, 3.8) is 0 Å². The molecule has 0 aliphatic carbocycles. The minimum absolute atomic E-state index is 0.0920. The van der Waals surface area contributed by atoms with Crippen LogP contribution in [0.5, 0.6) is 5.75 Å². The van der Waals surface area contributed by atoms with Gasteiger partial charge in [-0.3, -0.25) is 20.2 Å². The number of anilines is 1. The molecule has 10 nitrogen and oxygen atoms in total. The van der Waals surface area contributed by atoms with Gasteiger partial charge in [0.05, 0.1) is 15.9 Å². The van der Waals surface area contributed by atoms with Crippen molar-refractivity contribution in [1.82, 2.24) is 0 Å². The van der Waals surface area contributed by atoms with E-state index < -0.39 is 21.2 Å². The van der Waals surface area contributed by atoms with E-state index in [2.05, 4.69) is 29.0 Å². The number of hydrogen-bond donors (Lipinski definition) is 1. The van der Waals surface area contributed by atoms with Crippen LogP contribution in [0.4, 0.5) is 28.4 Å². The SMILES string of the molecule is CCCN(CCC)c1cc(N=Nc2ccc([N+](=O)[O-])cc2[N+](=O)[O-])c(O)c2ccccc12. The lowest BCUT2D eigenvalue weighted by molar-refractivity contribution is -0.393. The number of rotatable bonds is 9. The number of fused-ring (bicyclic) bond motifs is 1. The zero-order chi connectivity index (χ0) is 23.3. The fourth-order valence-electron chi connectivity index (χ4n) is 3.52. The van der Waals surface area contributed by atoms with E-state index >= 15 is 0 Å². The standard InChI is InChI=1S/C22H23N5O5/c1-3-11-25(12-4-2)20-14-19(22(28)17-8-6-5-7-16(17)20)24-23-18-10-9-15(26(29)30)13-21(18)27(31)32/h5-10,13-14,28H,3-4,11-12H2,1-2H3. The maximum atomic E-state index is 11.4. The van der Waals surface area contributed by atoms with Gasteiger partial charge >= 0.3 is 5.69 Å². The van der Waals surface area contributed by atoms with Gasteiger partial charge in [-0.15, -0.1) is 10.2 Å². The molecule has 0 heterocycles. The molecule has 32 heavy (non-hydrogen) atoms. The Labute approximate surface area is 184 Å². The van der Waals surface area contributed by atoms with Crippen molar-refractivity contribution in [2.45, 2.75) is 26.7 Å². The van der Waals surface area contributed by atoms with Crippen molar-refractivity contribution < 1.29 is 15.0 Å². The molecular weight excluding hydrogens is 414 g/mol. The number of hydrogen-bond acceptors (Lipinski definition) is 8. The Morgan fingerprint density at radius 1 is 0.875 bits per heavy atom. The molecule has 0 spiro atoms. The summed E-state index contributed by atoms with van der Waals surface area (Å²) in [6.07, 6.45) is 1.86. The molecule has 0 fully saturated rings. The predicted molar refractivity (Wildman–Crippen MR) is 122 cm³/mol. The third-order valence-corrected chi connectivity index (χ3v) is 4.93. The molecule has 0 bridgehead atoms. The molecule has 1 N–H and O–H groups in total. The van der Waals surface area contributed by atoms with E-state index in [0.717, 1.165) is 49.1 Å². The summed E-state index contributed by atoms with van der Waals surface area (Å²) in [6.45, 7) is 5.79. The Morgan fingerprint density at radius 2 is 1.50 bits per heavy atom. The molecule has 0 aromatic heterocycles. The van der Waals surface area contributed by atoms with Gasteiger partial charge in [0.2, 0.25) is 0 Å². The lowest BCUT2D eigenvalue weighted by Crippen LogP contribution is -2.25. The molecule has 0 atom stereocenters. The number of phenolic OH excluding ortho intramolecular Hbond substituents is 1. The number of nitro groups is 2. The number of non-ortho nitro benzene ring substituents is 1. The maximum absolute atomic E-state index is 11.4. The summed E-state index contributed by atoms with van der Waals surface area (Å²) < 4.78 is 0. The van der Waals surface area contributed by atoms with Crippen LogP contribution in [0.15, 0.2) is 58.8 Å². The molecule has 0 aliphatic rings. The highest BCUT2D eigenvalue weighted by Crippen LogP contribution is 2.42. The van der Waals surface area contributed by atoms with Gasteiger partial charge < -0.3 is 10.0 Å². The molecule has 10 heteroatoms. The third kappa shape index (κ3) is 4.64.